The topological polar surface area (TPSA) is 47.0 Å². The summed E-state index contributed by atoms with van der Waals surface area (Å²) in [5.74, 6) is 2.15. The Morgan fingerprint density at radius 1 is 1.30 bits per heavy atom. The normalized spacial score (nSPS) is 10.4. The number of aromatic nitrogens is 2. The predicted octanol–water partition coefficient (Wildman–Crippen LogP) is 3.72. The first-order chi connectivity index (χ1) is 9.60. The molecule has 0 bridgehead atoms. The van der Waals surface area contributed by atoms with E-state index in [-0.39, 0.29) is 0 Å². The largest absolute Gasteiger partial charge is 0.496 e. The van der Waals surface area contributed by atoms with Crippen molar-refractivity contribution in [3.8, 4) is 17.1 Å². The summed E-state index contributed by atoms with van der Waals surface area (Å²) in [6.07, 6.45) is 0.853. The standard InChI is InChI=1S/C15H18ClN3O/c1-5-12-9(2)14(17-3)19-15(18-12)11-7-6-10(16)8-13(11)20-4/h6-8H,5H2,1-4H3,(H,17,18,19). The van der Waals surface area contributed by atoms with Crippen molar-refractivity contribution in [1.29, 1.82) is 0 Å². The second-order valence-electron chi connectivity index (χ2n) is 4.42. The monoisotopic (exact) mass is 291 g/mol. The van der Waals surface area contributed by atoms with Gasteiger partial charge < -0.3 is 10.1 Å². The number of benzene rings is 1. The minimum absolute atomic E-state index is 0.627. The summed E-state index contributed by atoms with van der Waals surface area (Å²) >= 11 is 5.99. The fourth-order valence-corrected chi connectivity index (χ4v) is 2.28. The average Bonchev–Trinajstić information content (AvgIpc) is 2.47. The molecule has 20 heavy (non-hydrogen) atoms. The van der Waals surface area contributed by atoms with E-state index in [1.54, 1.807) is 13.2 Å². The summed E-state index contributed by atoms with van der Waals surface area (Å²) in [6, 6.07) is 5.46. The SMILES string of the molecule is CCc1nc(-c2ccc(Cl)cc2OC)nc(NC)c1C. The first kappa shape index (κ1) is 14.6. The molecule has 0 spiro atoms. The van der Waals surface area contributed by atoms with Gasteiger partial charge in [0.15, 0.2) is 5.82 Å². The molecule has 0 aliphatic heterocycles. The van der Waals surface area contributed by atoms with Crippen molar-refractivity contribution in [2.45, 2.75) is 20.3 Å². The smallest absolute Gasteiger partial charge is 0.165 e. The van der Waals surface area contributed by atoms with Crippen LogP contribution in [0, 0.1) is 6.92 Å². The fraction of sp³-hybridized carbons (Fsp3) is 0.333. The van der Waals surface area contributed by atoms with Crippen LogP contribution in [-0.4, -0.2) is 24.1 Å². The minimum atomic E-state index is 0.627. The zero-order chi connectivity index (χ0) is 14.7. The number of hydrogen-bond donors (Lipinski definition) is 1. The van der Waals surface area contributed by atoms with Gasteiger partial charge in [-0.1, -0.05) is 18.5 Å². The molecule has 0 amide bonds. The summed E-state index contributed by atoms with van der Waals surface area (Å²) in [4.78, 5) is 9.20. The second-order valence-corrected chi connectivity index (χ2v) is 4.85. The lowest BCUT2D eigenvalue weighted by molar-refractivity contribution is 0.416. The fourth-order valence-electron chi connectivity index (χ4n) is 2.12. The van der Waals surface area contributed by atoms with E-state index in [0.29, 0.717) is 16.6 Å². The maximum Gasteiger partial charge on any atom is 0.165 e. The third-order valence-electron chi connectivity index (χ3n) is 3.22. The molecule has 5 heteroatoms. The number of halogens is 1. The van der Waals surface area contributed by atoms with Gasteiger partial charge in [-0.05, 0) is 31.5 Å². The third kappa shape index (κ3) is 2.70. The van der Waals surface area contributed by atoms with Crippen molar-refractivity contribution in [3.63, 3.8) is 0 Å². The molecule has 0 aliphatic rings. The van der Waals surface area contributed by atoms with Crippen LogP contribution in [0.5, 0.6) is 5.75 Å². The summed E-state index contributed by atoms with van der Waals surface area (Å²) < 4.78 is 5.37. The highest BCUT2D eigenvalue weighted by Crippen LogP contribution is 2.31. The summed E-state index contributed by atoms with van der Waals surface area (Å²) in [7, 11) is 3.47. The summed E-state index contributed by atoms with van der Waals surface area (Å²) in [5, 5.41) is 3.74. The van der Waals surface area contributed by atoms with Gasteiger partial charge in [-0.3, -0.25) is 0 Å². The van der Waals surface area contributed by atoms with Gasteiger partial charge in [-0.25, -0.2) is 9.97 Å². The van der Waals surface area contributed by atoms with Crippen molar-refractivity contribution in [2.75, 3.05) is 19.5 Å². The first-order valence-electron chi connectivity index (χ1n) is 6.49. The van der Waals surface area contributed by atoms with E-state index in [4.69, 9.17) is 16.3 Å². The molecule has 1 N–H and O–H groups in total. The summed E-state index contributed by atoms with van der Waals surface area (Å²) in [5.41, 5.74) is 2.94. The molecule has 0 fully saturated rings. The van der Waals surface area contributed by atoms with Crippen molar-refractivity contribution in [2.24, 2.45) is 0 Å². The van der Waals surface area contributed by atoms with E-state index in [2.05, 4.69) is 22.2 Å². The van der Waals surface area contributed by atoms with Crippen molar-refractivity contribution < 1.29 is 4.74 Å². The molecule has 1 heterocycles. The molecule has 0 saturated carbocycles. The molecule has 0 saturated heterocycles. The molecule has 0 atom stereocenters. The van der Waals surface area contributed by atoms with E-state index in [0.717, 1.165) is 29.1 Å². The summed E-state index contributed by atoms with van der Waals surface area (Å²) in [6.45, 7) is 4.10. The van der Waals surface area contributed by atoms with Crippen LogP contribution in [0.15, 0.2) is 18.2 Å². The molecule has 4 nitrogen and oxygen atoms in total. The molecule has 0 radical (unpaired) electrons. The van der Waals surface area contributed by atoms with Crippen LogP contribution in [0.4, 0.5) is 5.82 Å². The molecular weight excluding hydrogens is 274 g/mol. The predicted molar refractivity (Wildman–Crippen MR) is 82.7 cm³/mol. The van der Waals surface area contributed by atoms with Crippen LogP contribution >= 0.6 is 11.6 Å². The highest BCUT2D eigenvalue weighted by molar-refractivity contribution is 6.30. The highest BCUT2D eigenvalue weighted by atomic mass is 35.5. The molecule has 0 aliphatic carbocycles. The Balaban J connectivity index is 2.63. The lowest BCUT2D eigenvalue weighted by atomic mass is 10.1. The molecule has 1 aromatic carbocycles. The number of rotatable bonds is 4. The van der Waals surface area contributed by atoms with Crippen molar-refractivity contribution in [3.05, 3.63) is 34.5 Å². The van der Waals surface area contributed by atoms with Crippen LogP contribution in [0.1, 0.15) is 18.2 Å². The number of nitrogens with zero attached hydrogens (tertiary/aromatic N) is 2. The van der Waals surface area contributed by atoms with Gasteiger partial charge in [0.2, 0.25) is 0 Å². The van der Waals surface area contributed by atoms with Crippen LogP contribution < -0.4 is 10.1 Å². The van der Waals surface area contributed by atoms with Gasteiger partial charge in [0.05, 0.1) is 12.7 Å². The lowest BCUT2D eigenvalue weighted by Gasteiger charge is -2.13. The first-order valence-corrected chi connectivity index (χ1v) is 6.87. The number of methoxy groups -OCH3 is 1. The quantitative estimate of drug-likeness (QED) is 0.932. The molecule has 1 aromatic heterocycles. The molecular formula is C15H18ClN3O. The van der Waals surface area contributed by atoms with E-state index in [9.17, 15) is 0 Å². The Labute approximate surface area is 124 Å². The molecule has 0 unspecified atom stereocenters. The Kier molecular flexibility index (Phi) is 4.45. The van der Waals surface area contributed by atoms with Crippen molar-refractivity contribution in [1.82, 2.24) is 9.97 Å². The van der Waals surface area contributed by atoms with Gasteiger partial charge in [0.25, 0.3) is 0 Å². The van der Waals surface area contributed by atoms with Gasteiger partial charge in [-0.2, -0.15) is 0 Å². The second kappa shape index (κ2) is 6.09. The number of nitrogens with one attached hydrogen (secondary N) is 1. The Bertz CT molecular complexity index is 604. The van der Waals surface area contributed by atoms with E-state index in [1.807, 2.05) is 26.1 Å². The number of aryl methyl sites for hydroxylation is 1. The highest BCUT2D eigenvalue weighted by Gasteiger charge is 2.14. The average molecular weight is 292 g/mol. The van der Waals surface area contributed by atoms with Crippen LogP contribution in [0.25, 0.3) is 11.4 Å². The van der Waals surface area contributed by atoms with Gasteiger partial charge in [-0.15, -0.1) is 0 Å². The van der Waals surface area contributed by atoms with Crippen LogP contribution in [0.2, 0.25) is 5.02 Å². The number of ether oxygens (including phenoxy) is 1. The molecule has 2 aromatic rings. The minimum Gasteiger partial charge on any atom is -0.496 e. The maximum atomic E-state index is 5.99. The Morgan fingerprint density at radius 2 is 2.05 bits per heavy atom. The van der Waals surface area contributed by atoms with Gasteiger partial charge in [0, 0.05) is 23.3 Å². The number of anilines is 1. The number of hydrogen-bond acceptors (Lipinski definition) is 4. The molecule has 106 valence electrons. The van der Waals surface area contributed by atoms with E-state index >= 15 is 0 Å². The third-order valence-corrected chi connectivity index (χ3v) is 3.46. The van der Waals surface area contributed by atoms with Gasteiger partial charge >= 0.3 is 0 Å². The van der Waals surface area contributed by atoms with E-state index < -0.39 is 0 Å². The Morgan fingerprint density at radius 3 is 2.65 bits per heavy atom. The Hall–Kier alpha value is -1.81. The molecule has 2 rings (SSSR count). The lowest BCUT2D eigenvalue weighted by Crippen LogP contribution is -2.05. The van der Waals surface area contributed by atoms with Crippen LogP contribution in [0.3, 0.4) is 0 Å². The maximum absolute atomic E-state index is 5.99. The van der Waals surface area contributed by atoms with Gasteiger partial charge in [0.1, 0.15) is 11.6 Å². The zero-order valence-electron chi connectivity index (χ0n) is 12.1. The van der Waals surface area contributed by atoms with Crippen molar-refractivity contribution >= 4 is 17.4 Å². The van der Waals surface area contributed by atoms with Crippen LogP contribution in [-0.2, 0) is 6.42 Å². The zero-order valence-corrected chi connectivity index (χ0v) is 12.9. The van der Waals surface area contributed by atoms with E-state index in [1.165, 1.54) is 0 Å².